The first-order valence-corrected chi connectivity index (χ1v) is 5.33. The van der Waals surface area contributed by atoms with E-state index in [0.29, 0.717) is 0 Å². The molecule has 0 nitrogen and oxygen atoms in total. The highest BCUT2D eigenvalue weighted by Crippen LogP contribution is 2.78. The van der Waals surface area contributed by atoms with Crippen LogP contribution in [0.1, 0.15) is 0 Å². The summed E-state index contributed by atoms with van der Waals surface area (Å²) in [6.45, 7) is 0. The Labute approximate surface area is 72.3 Å². The van der Waals surface area contributed by atoms with Gasteiger partial charge in [-0.15, -0.1) is 0 Å². The summed E-state index contributed by atoms with van der Waals surface area (Å²) in [6.07, 6.45) is 10.2. The normalized spacial score (nSPS) is 77.3. The predicted octanol–water partition coefficient (Wildman–Crippen LogP) is 2.10. The van der Waals surface area contributed by atoms with Gasteiger partial charge in [-0.25, -0.2) is 0 Å². The minimum absolute atomic E-state index is 1.02. The van der Waals surface area contributed by atoms with E-state index in [0.717, 1.165) is 47.3 Å². The zero-order valence-corrected chi connectivity index (χ0v) is 6.93. The Balaban J connectivity index is 1.89. The molecule has 4 fully saturated rings. The van der Waals surface area contributed by atoms with Crippen molar-refractivity contribution in [2.75, 3.05) is 0 Å². The lowest BCUT2D eigenvalue weighted by Gasteiger charge is -2.28. The minimum Gasteiger partial charge on any atom is -0.0845 e. The maximum atomic E-state index is 2.54. The first-order valence-electron chi connectivity index (χ1n) is 5.33. The van der Waals surface area contributed by atoms with E-state index in [-0.39, 0.29) is 0 Å². The van der Waals surface area contributed by atoms with E-state index in [9.17, 15) is 0 Å². The minimum atomic E-state index is 1.02. The average Bonchev–Trinajstić information content (AvgIpc) is 2.84. The van der Waals surface area contributed by atoms with Crippen molar-refractivity contribution in [3.8, 4) is 0 Å². The maximum Gasteiger partial charge on any atom is -0.0159 e. The van der Waals surface area contributed by atoms with Crippen LogP contribution in [0.15, 0.2) is 24.3 Å². The van der Waals surface area contributed by atoms with E-state index in [1.54, 1.807) is 0 Å². The molecule has 0 N–H and O–H groups in total. The number of rotatable bonds is 0. The van der Waals surface area contributed by atoms with E-state index >= 15 is 0 Å². The van der Waals surface area contributed by atoms with Gasteiger partial charge in [0, 0.05) is 0 Å². The van der Waals surface area contributed by atoms with Gasteiger partial charge < -0.3 is 0 Å². The maximum absolute atomic E-state index is 2.54. The Kier molecular flexibility index (Phi) is 0.547. The Morgan fingerprint density at radius 3 is 0.917 bits per heavy atom. The first kappa shape index (κ1) is 5.26. The average molecular weight is 156 g/mol. The summed E-state index contributed by atoms with van der Waals surface area (Å²) in [7, 11) is 0. The van der Waals surface area contributed by atoms with Crippen LogP contribution in [0.4, 0.5) is 0 Å². The zero-order chi connectivity index (χ0) is 7.45. The molecule has 12 heavy (non-hydrogen) atoms. The largest absolute Gasteiger partial charge is 0.0845 e. The van der Waals surface area contributed by atoms with Gasteiger partial charge in [0.1, 0.15) is 0 Å². The first-order chi connectivity index (χ1) is 5.97. The summed E-state index contributed by atoms with van der Waals surface area (Å²) >= 11 is 0. The molecule has 6 aliphatic carbocycles. The van der Waals surface area contributed by atoms with Gasteiger partial charge in [0.15, 0.2) is 0 Å². The SMILES string of the molecule is C1=CC2C3C1C1C4C=CC(C43)C21. The van der Waals surface area contributed by atoms with Crippen LogP contribution in [0.5, 0.6) is 0 Å². The number of hydrogen-bond donors (Lipinski definition) is 0. The van der Waals surface area contributed by atoms with Gasteiger partial charge in [0.2, 0.25) is 0 Å². The lowest BCUT2D eigenvalue weighted by molar-refractivity contribution is 0.290. The van der Waals surface area contributed by atoms with Crippen LogP contribution in [-0.4, -0.2) is 0 Å². The lowest BCUT2D eigenvalue weighted by Crippen LogP contribution is -2.23. The third kappa shape index (κ3) is 0.278. The zero-order valence-electron chi connectivity index (χ0n) is 6.93. The smallest absolute Gasteiger partial charge is 0.0159 e. The number of hydrogen-bond acceptors (Lipinski definition) is 0. The van der Waals surface area contributed by atoms with Crippen molar-refractivity contribution >= 4 is 0 Å². The Bertz CT molecular complexity index is 276. The van der Waals surface area contributed by atoms with E-state index < -0.39 is 0 Å². The molecule has 0 amide bonds. The quantitative estimate of drug-likeness (QED) is 0.471. The van der Waals surface area contributed by atoms with Gasteiger partial charge in [-0.2, -0.15) is 0 Å². The van der Waals surface area contributed by atoms with Crippen LogP contribution in [-0.2, 0) is 0 Å². The highest BCUT2D eigenvalue weighted by molar-refractivity contribution is 5.38. The van der Waals surface area contributed by atoms with Crippen molar-refractivity contribution in [2.24, 2.45) is 47.3 Å². The lowest BCUT2D eigenvalue weighted by atomic mass is 9.76. The van der Waals surface area contributed by atoms with Crippen LogP contribution in [0, 0.1) is 47.3 Å². The Morgan fingerprint density at radius 2 is 0.667 bits per heavy atom. The molecule has 8 bridgehead atoms. The molecule has 0 spiro atoms. The molecule has 6 aliphatic rings. The topological polar surface area (TPSA) is 0 Å². The van der Waals surface area contributed by atoms with Gasteiger partial charge in [-0.3, -0.25) is 0 Å². The van der Waals surface area contributed by atoms with E-state index in [1.807, 2.05) is 0 Å². The monoisotopic (exact) mass is 156 g/mol. The molecule has 4 saturated carbocycles. The van der Waals surface area contributed by atoms with Crippen LogP contribution < -0.4 is 0 Å². The molecule has 0 unspecified atom stereocenters. The summed E-state index contributed by atoms with van der Waals surface area (Å²) in [5, 5.41) is 0. The van der Waals surface area contributed by atoms with E-state index in [4.69, 9.17) is 0 Å². The molecule has 0 radical (unpaired) electrons. The molecular formula is C12H12. The van der Waals surface area contributed by atoms with Gasteiger partial charge in [0.25, 0.3) is 0 Å². The molecule has 0 aromatic heterocycles. The fourth-order valence-electron chi connectivity index (χ4n) is 5.65. The molecule has 0 heterocycles. The van der Waals surface area contributed by atoms with E-state index in [1.165, 1.54) is 0 Å². The molecule has 0 aliphatic heterocycles. The standard InChI is InChI=1S/C12H12/c1-2-6-9-5(1)11-7-3-4-8(10(7)9)12(6)11/h1-12H. The highest BCUT2D eigenvalue weighted by Gasteiger charge is 2.74. The number of allylic oxidation sites excluding steroid dienone is 4. The summed E-state index contributed by atoms with van der Waals surface area (Å²) in [5.74, 6) is 8.50. The van der Waals surface area contributed by atoms with Crippen LogP contribution in [0.3, 0.4) is 0 Å². The van der Waals surface area contributed by atoms with Crippen LogP contribution >= 0.6 is 0 Å². The Morgan fingerprint density at radius 1 is 0.417 bits per heavy atom. The molecule has 0 atom stereocenters. The van der Waals surface area contributed by atoms with Crippen molar-refractivity contribution in [3.63, 3.8) is 0 Å². The van der Waals surface area contributed by atoms with Gasteiger partial charge in [-0.05, 0) is 47.3 Å². The summed E-state index contributed by atoms with van der Waals surface area (Å²) in [6, 6.07) is 0. The van der Waals surface area contributed by atoms with Crippen molar-refractivity contribution in [2.45, 2.75) is 0 Å². The summed E-state index contributed by atoms with van der Waals surface area (Å²) < 4.78 is 0. The summed E-state index contributed by atoms with van der Waals surface area (Å²) in [5.41, 5.74) is 0. The van der Waals surface area contributed by atoms with Crippen LogP contribution in [0.2, 0.25) is 0 Å². The van der Waals surface area contributed by atoms with Gasteiger partial charge >= 0.3 is 0 Å². The molecule has 6 rings (SSSR count). The second-order valence-electron chi connectivity index (χ2n) is 5.39. The summed E-state index contributed by atoms with van der Waals surface area (Å²) in [4.78, 5) is 0. The molecular weight excluding hydrogens is 144 g/mol. The fourth-order valence-corrected chi connectivity index (χ4v) is 5.65. The fraction of sp³-hybridized carbons (Fsp3) is 0.667. The molecule has 0 aromatic rings. The molecule has 0 heteroatoms. The van der Waals surface area contributed by atoms with Crippen molar-refractivity contribution in [3.05, 3.63) is 24.3 Å². The highest BCUT2D eigenvalue weighted by atomic mass is 14.8. The predicted molar refractivity (Wildman–Crippen MR) is 46.2 cm³/mol. The third-order valence-electron chi connectivity index (χ3n) is 5.56. The molecule has 0 saturated heterocycles. The van der Waals surface area contributed by atoms with Gasteiger partial charge in [-0.1, -0.05) is 24.3 Å². The van der Waals surface area contributed by atoms with Crippen LogP contribution in [0.25, 0.3) is 0 Å². The van der Waals surface area contributed by atoms with Crippen molar-refractivity contribution < 1.29 is 0 Å². The molecule has 0 aromatic carbocycles. The third-order valence-corrected chi connectivity index (χ3v) is 5.56. The van der Waals surface area contributed by atoms with Crippen molar-refractivity contribution in [1.29, 1.82) is 0 Å². The van der Waals surface area contributed by atoms with Crippen molar-refractivity contribution in [1.82, 2.24) is 0 Å². The van der Waals surface area contributed by atoms with Gasteiger partial charge in [0.05, 0.1) is 0 Å². The second-order valence-corrected chi connectivity index (χ2v) is 5.39. The Hall–Kier alpha value is -0.520. The molecule has 60 valence electrons. The van der Waals surface area contributed by atoms with E-state index in [2.05, 4.69) is 24.3 Å². The second kappa shape index (κ2) is 1.25.